The zero-order valence-corrected chi connectivity index (χ0v) is 15.5. The van der Waals surface area contributed by atoms with Gasteiger partial charge in [-0.1, -0.05) is 36.0 Å². The van der Waals surface area contributed by atoms with Crippen molar-refractivity contribution in [3.05, 3.63) is 59.0 Å². The maximum atomic E-state index is 5.52. The summed E-state index contributed by atoms with van der Waals surface area (Å²) in [6, 6.07) is 13.8. The third kappa shape index (κ3) is 2.80. The molecular weight excluding hydrogens is 348 g/mol. The molecule has 4 rings (SSSR count). The summed E-state index contributed by atoms with van der Waals surface area (Å²) < 4.78 is 12.8. The van der Waals surface area contributed by atoms with Crippen LogP contribution in [0.15, 0.2) is 53.0 Å². The average molecular weight is 366 g/mol. The van der Waals surface area contributed by atoms with Gasteiger partial charge in [-0.3, -0.25) is 5.43 Å². The Bertz CT molecular complexity index is 997. The van der Waals surface area contributed by atoms with Crippen molar-refractivity contribution >= 4 is 17.5 Å². The minimum Gasteiger partial charge on any atom is -0.497 e. The zero-order valence-electron chi connectivity index (χ0n) is 14.7. The predicted octanol–water partition coefficient (Wildman–Crippen LogP) is 3.92. The summed E-state index contributed by atoms with van der Waals surface area (Å²) in [6.45, 7) is 2.06. The van der Waals surface area contributed by atoms with Crippen LogP contribution in [0.4, 0.5) is 0 Å². The number of benzene rings is 2. The summed E-state index contributed by atoms with van der Waals surface area (Å²) >= 11 is 1.51. The molecule has 0 aliphatic carbocycles. The fourth-order valence-electron chi connectivity index (χ4n) is 2.85. The molecule has 1 aliphatic rings. The number of hydrogen-bond acceptors (Lipinski definition) is 6. The first kappa shape index (κ1) is 16.5. The third-order valence-electron chi connectivity index (χ3n) is 4.23. The molecule has 0 saturated heterocycles. The molecular formula is C19H18N4O2S. The first-order valence-corrected chi connectivity index (χ1v) is 8.97. The Morgan fingerprint density at radius 2 is 1.85 bits per heavy atom. The molecule has 1 aliphatic heterocycles. The maximum Gasteiger partial charge on any atom is 0.214 e. The quantitative estimate of drug-likeness (QED) is 0.755. The molecule has 2 heterocycles. The van der Waals surface area contributed by atoms with Gasteiger partial charge >= 0.3 is 0 Å². The molecule has 0 atom stereocenters. The SMILES string of the molecule is COc1ccc(OC)c(C2=CSc3nnc(-c4ccccc4C)n3N2)c1. The van der Waals surface area contributed by atoms with Crippen molar-refractivity contribution in [1.29, 1.82) is 0 Å². The molecule has 1 N–H and O–H groups in total. The van der Waals surface area contributed by atoms with E-state index in [2.05, 4.69) is 28.6 Å². The molecule has 0 radical (unpaired) electrons. The number of methoxy groups -OCH3 is 2. The number of aryl methyl sites for hydroxylation is 1. The van der Waals surface area contributed by atoms with E-state index in [4.69, 9.17) is 9.47 Å². The Kier molecular flexibility index (Phi) is 4.30. The third-order valence-corrected chi connectivity index (χ3v) is 5.06. The number of nitrogens with zero attached hydrogens (tertiary/aromatic N) is 3. The van der Waals surface area contributed by atoms with Gasteiger partial charge in [0.05, 0.1) is 19.9 Å². The molecule has 6 nitrogen and oxygen atoms in total. The van der Waals surface area contributed by atoms with Gasteiger partial charge in [0.25, 0.3) is 0 Å². The molecule has 2 aromatic carbocycles. The molecule has 3 aromatic rings. The Morgan fingerprint density at radius 1 is 1.00 bits per heavy atom. The van der Waals surface area contributed by atoms with Gasteiger partial charge in [0, 0.05) is 16.5 Å². The molecule has 1 aromatic heterocycles. The lowest BCUT2D eigenvalue weighted by atomic mass is 10.1. The van der Waals surface area contributed by atoms with Gasteiger partial charge in [-0.05, 0) is 30.7 Å². The second kappa shape index (κ2) is 6.76. The predicted molar refractivity (Wildman–Crippen MR) is 103 cm³/mol. The summed E-state index contributed by atoms with van der Waals surface area (Å²) in [7, 11) is 3.31. The molecule has 7 heteroatoms. The van der Waals surface area contributed by atoms with Gasteiger partial charge in [0.2, 0.25) is 5.16 Å². The van der Waals surface area contributed by atoms with E-state index < -0.39 is 0 Å². The van der Waals surface area contributed by atoms with Crippen LogP contribution >= 0.6 is 11.8 Å². The average Bonchev–Trinajstić information content (AvgIpc) is 3.10. The number of fused-ring (bicyclic) bond motifs is 1. The highest BCUT2D eigenvalue weighted by molar-refractivity contribution is 8.02. The van der Waals surface area contributed by atoms with E-state index in [1.807, 2.05) is 46.5 Å². The van der Waals surface area contributed by atoms with Crippen molar-refractivity contribution < 1.29 is 9.47 Å². The maximum absolute atomic E-state index is 5.52. The fraction of sp³-hybridized carbons (Fsp3) is 0.158. The molecule has 0 spiro atoms. The van der Waals surface area contributed by atoms with E-state index in [9.17, 15) is 0 Å². The molecule has 0 bridgehead atoms. The van der Waals surface area contributed by atoms with Crippen LogP contribution in [-0.2, 0) is 0 Å². The number of nitrogens with one attached hydrogen (secondary N) is 1. The van der Waals surface area contributed by atoms with Crippen LogP contribution < -0.4 is 14.9 Å². The Balaban J connectivity index is 1.75. The summed E-state index contributed by atoms with van der Waals surface area (Å²) in [6.07, 6.45) is 0. The standard InChI is InChI=1S/C19H18N4O2S/c1-12-6-4-5-7-14(12)18-20-21-19-23(18)22-16(11-26-19)15-10-13(24-2)8-9-17(15)25-3/h4-11,22H,1-3H3. The van der Waals surface area contributed by atoms with Gasteiger partial charge < -0.3 is 9.47 Å². The van der Waals surface area contributed by atoms with Gasteiger partial charge in [-0.2, -0.15) is 0 Å². The highest BCUT2D eigenvalue weighted by Crippen LogP contribution is 2.36. The Morgan fingerprint density at radius 3 is 2.62 bits per heavy atom. The summed E-state index contributed by atoms with van der Waals surface area (Å²) in [5.41, 5.74) is 7.40. The van der Waals surface area contributed by atoms with E-state index in [0.29, 0.717) is 0 Å². The van der Waals surface area contributed by atoms with Gasteiger partial charge in [-0.25, -0.2) is 4.68 Å². The second-order valence-electron chi connectivity index (χ2n) is 5.78. The minimum absolute atomic E-state index is 0.763. The van der Waals surface area contributed by atoms with E-state index in [1.165, 1.54) is 11.8 Å². The minimum atomic E-state index is 0.763. The van der Waals surface area contributed by atoms with Crippen molar-refractivity contribution in [2.24, 2.45) is 0 Å². The van der Waals surface area contributed by atoms with Crippen LogP contribution in [0.25, 0.3) is 17.1 Å². The summed E-state index contributed by atoms with van der Waals surface area (Å²) in [5, 5.41) is 11.5. The molecule has 132 valence electrons. The number of aromatic nitrogens is 3. The highest BCUT2D eigenvalue weighted by atomic mass is 32.2. The smallest absolute Gasteiger partial charge is 0.214 e. The van der Waals surface area contributed by atoms with Crippen molar-refractivity contribution in [1.82, 2.24) is 14.9 Å². The van der Waals surface area contributed by atoms with Crippen LogP contribution in [0, 0.1) is 6.92 Å². The number of ether oxygens (including phenoxy) is 2. The van der Waals surface area contributed by atoms with Crippen molar-refractivity contribution in [3.8, 4) is 22.9 Å². The van der Waals surface area contributed by atoms with E-state index in [-0.39, 0.29) is 0 Å². The van der Waals surface area contributed by atoms with Crippen LogP contribution in [0.2, 0.25) is 0 Å². The molecule has 0 saturated carbocycles. The molecule has 0 amide bonds. The molecule has 0 fully saturated rings. The van der Waals surface area contributed by atoms with Crippen molar-refractivity contribution in [3.63, 3.8) is 0 Å². The largest absolute Gasteiger partial charge is 0.497 e. The van der Waals surface area contributed by atoms with Crippen LogP contribution in [0.1, 0.15) is 11.1 Å². The lowest BCUT2D eigenvalue weighted by molar-refractivity contribution is 0.402. The molecule has 0 unspecified atom stereocenters. The van der Waals surface area contributed by atoms with Crippen LogP contribution in [0.3, 0.4) is 0 Å². The highest BCUT2D eigenvalue weighted by Gasteiger charge is 2.22. The Hall–Kier alpha value is -2.93. The second-order valence-corrected chi connectivity index (χ2v) is 6.62. The summed E-state index contributed by atoms with van der Waals surface area (Å²) in [4.78, 5) is 0. The Labute approximate surface area is 155 Å². The molecule has 26 heavy (non-hydrogen) atoms. The number of thioether (sulfide) groups is 1. The normalized spacial score (nSPS) is 12.8. The lowest BCUT2D eigenvalue weighted by Crippen LogP contribution is -2.19. The monoisotopic (exact) mass is 366 g/mol. The van der Waals surface area contributed by atoms with E-state index in [0.717, 1.165) is 44.9 Å². The lowest BCUT2D eigenvalue weighted by Gasteiger charge is -2.21. The van der Waals surface area contributed by atoms with Gasteiger partial charge in [-0.15, -0.1) is 10.2 Å². The van der Waals surface area contributed by atoms with Gasteiger partial charge in [0.1, 0.15) is 11.5 Å². The number of rotatable bonds is 4. The summed E-state index contributed by atoms with van der Waals surface area (Å²) in [5.74, 6) is 2.30. The topological polar surface area (TPSA) is 61.2 Å². The van der Waals surface area contributed by atoms with E-state index >= 15 is 0 Å². The van der Waals surface area contributed by atoms with Crippen LogP contribution in [-0.4, -0.2) is 29.1 Å². The fourth-order valence-corrected chi connectivity index (χ4v) is 3.58. The van der Waals surface area contributed by atoms with Gasteiger partial charge in [0.15, 0.2) is 5.82 Å². The van der Waals surface area contributed by atoms with Crippen molar-refractivity contribution in [2.75, 3.05) is 19.6 Å². The van der Waals surface area contributed by atoms with E-state index in [1.54, 1.807) is 14.2 Å². The zero-order chi connectivity index (χ0) is 18.1. The first-order chi connectivity index (χ1) is 12.7. The van der Waals surface area contributed by atoms with Crippen molar-refractivity contribution in [2.45, 2.75) is 12.1 Å². The first-order valence-electron chi connectivity index (χ1n) is 8.09. The number of hydrogen-bond donors (Lipinski definition) is 1. The van der Waals surface area contributed by atoms with Crippen LogP contribution in [0.5, 0.6) is 11.5 Å².